The first-order chi connectivity index (χ1) is 7.83. The molecule has 0 aliphatic heterocycles. The fourth-order valence-electron chi connectivity index (χ4n) is 1.89. The van der Waals surface area contributed by atoms with E-state index in [9.17, 15) is 0 Å². The van der Waals surface area contributed by atoms with Crippen molar-refractivity contribution < 1.29 is 0 Å². The Balaban J connectivity index is 2.51. The molecule has 2 heteroatoms. The molecule has 0 aromatic heterocycles. The van der Waals surface area contributed by atoms with Gasteiger partial charge in [0.1, 0.15) is 0 Å². The summed E-state index contributed by atoms with van der Waals surface area (Å²) in [5, 5.41) is 8.39. The number of fused-ring (bicyclic) bond motifs is 1. The first-order valence-corrected chi connectivity index (χ1v) is 6.93. The fraction of sp³-hybridized carbons (Fsp3) is 0.143. The Morgan fingerprint density at radius 1 is 1.19 bits per heavy atom. The topological polar surface area (TPSA) is 12.4 Å². The molecule has 0 amide bonds. The van der Waals surface area contributed by atoms with Gasteiger partial charge < -0.3 is 0 Å². The van der Waals surface area contributed by atoms with Crippen molar-refractivity contribution in [3.63, 3.8) is 0 Å². The molecule has 0 saturated heterocycles. The van der Waals surface area contributed by atoms with Crippen LogP contribution in [-0.4, -0.2) is 25.2 Å². The zero-order valence-electron chi connectivity index (χ0n) is 9.43. The Bertz CT molecular complexity index is 526. The molecule has 78 valence electrons. The second kappa shape index (κ2) is 5.21. The summed E-state index contributed by atoms with van der Waals surface area (Å²) < 4.78 is 0. The summed E-state index contributed by atoms with van der Waals surface area (Å²) in [5.41, 5.74) is 1.29. The van der Waals surface area contributed by atoms with Gasteiger partial charge in [0.25, 0.3) is 0 Å². The molecule has 0 fully saturated rings. The molecule has 0 radical (unpaired) electrons. The van der Waals surface area contributed by atoms with E-state index in [-0.39, 0.29) is 20.8 Å². The van der Waals surface area contributed by atoms with Crippen LogP contribution < -0.4 is 0 Å². The van der Waals surface area contributed by atoms with Crippen LogP contribution in [0.1, 0.15) is 18.5 Å². The molecule has 0 saturated carbocycles. The van der Waals surface area contributed by atoms with Crippen LogP contribution in [0.2, 0.25) is 0 Å². The van der Waals surface area contributed by atoms with Gasteiger partial charge in [-0.3, -0.25) is 0 Å². The van der Waals surface area contributed by atoms with Gasteiger partial charge in [-0.2, -0.15) is 0 Å². The number of hydrogen-bond acceptors (Lipinski definition) is 1. The third-order valence-corrected chi connectivity index (χ3v) is 3.07. The average Bonchev–Trinajstić information content (AvgIpc) is 2.35. The van der Waals surface area contributed by atoms with E-state index < -0.39 is 0 Å². The van der Waals surface area contributed by atoms with Crippen LogP contribution in [0.25, 0.3) is 10.8 Å². The van der Waals surface area contributed by atoms with E-state index in [0.29, 0.717) is 0 Å². The standard InChI is InChI=1S/C13H12N.CH2.Al/c1-10(14-2)12-9-5-7-11-6-3-4-8-13(11)12;;/h2-10H,1H3;1H2;/t10-;;/m1../s1. The Kier molecular flexibility index (Phi) is 3.67. The number of aliphatic imine (C=N–C) groups is 1. The van der Waals surface area contributed by atoms with Crippen molar-refractivity contribution in [2.24, 2.45) is 4.99 Å². The van der Waals surface area contributed by atoms with Crippen LogP contribution in [0.5, 0.6) is 0 Å². The first-order valence-electron chi connectivity index (χ1n) is 5.45. The minimum atomic E-state index is 0.102. The third-order valence-electron chi connectivity index (χ3n) is 2.69. The maximum absolute atomic E-state index is 4.51. The average molecular weight is 223 g/mol. The molecule has 0 aliphatic rings. The number of hydrogen-bond donors (Lipinski definition) is 0. The normalized spacial score (nSPS) is 12.8. The van der Waals surface area contributed by atoms with Gasteiger partial charge in [-0.05, 0) is 0 Å². The molecular formula is C14H14AlN. The van der Waals surface area contributed by atoms with E-state index in [1.165, 1.54) is 16.3 Å². The molecule has 2 aromatic rings. The van der Waals surface area contributed by atoms with Gasteiger partial charge in [0.05, 0.1) is 0 Å². The zero-order chi connectivity index (χ0) is 11.4. The molecule has 2 aromatic carbocycles. The van der Waals surface area contributed by atoms with E-state index in [4.69, 9.17) is 0 Å². The molecule has 0 spiro atoms. The number of rotatable bonds is 3. The number of nitrogens with zero attached hydrogens (tertiary/aromatic N) is 1. The molecule has 0 heterocycles. The molecule has 0 unspecified atom stereocenters. The molecular weight excluding hydrogens is 209 g/mol. The maximum atomic E-state index is 4.51. The monoisotopic (exact) mass is 223 g/mol. The SMILES string of the molecule is [CH2]=[Al][CH]=N[C@H](C)c1cccc2ccccc12. The van der Waals surface area contributed by atoms with Crippen molar-refractivity contribution in [2.75, 3.05) is 0 Å². The summed E-state index contributed by atoms with van der Waals surface area (Å²) in [6.45, 7) is 2.13. The van der Waals surface area contributed by atoms with Crippen LogP contribution in [0.15, 0.2) is 47.5 Å². The second-order valence-corrected chi connectivity index (χ2v) is 4.55. The van der Waals surface area contributed by atoms with E-state index >= 15 is 0 Å². The van der Waals surface area contributed by atoms with Crippen LogP contribution in [0.3, 0.4) is 0 Å². The molecule has 1 nitrogen and oxygen atoms in total. The summed E-state index contributed by atoms with van der Waals surface area (Å²) >= 11 is 0.102. The summed E-state index contributed by atoms with van der Waals surface area (Å²) in [7, 11) is 0. The molecule has 0 bridgehead atoms. The predicted octanol–water partition coefficient (Wildman–Crippen LogP) is 3.07. The van der Waals surface area contributed by atoms with Crippen LogP contribution >= 0.6 is 0 Å². The molecule has 0 N–H and O–H groups in total. The van der Waals surface area contributed by atoms with E-state index in [2.05, 4.69) is 59.8 Å². The van der Waals surface area contributed by atoms with Crippen molar-refractivity contribution >= 4 is 36.0 Å². The molecule has 16 heavy (non-hydrogen) atoms. The van der Waals surface area contributed by atoms with Crippen molar-refractivity contribution in [1.82, 2.24) is 0 Å². The van der Waals surface area contributed by atoms with Crippen molar-refractivity contribution in [1.29, 1.82) is 0 Å². The Labute approximate surface area is 102 Å². The molecule has 0 aliphatic carbocycles. The summed E-state index contributed by atoms with van der Waals surface area (Å²) in [5.74, 6) is 0. The van der Waals surface area contributed by atoms with Gasteiger partial charge in [-0.15, -0.1) is 0 Å². The number of benzene rings is 2. The fourth-order valence-corrected chi connectivity index (χ4v) is 2.26. The van der Waals surface area contributed by atoms with Gasteiger partial charge >= 0.3 is 102 Å². The summed E-state index contributed by atoms with van der Waals surface area (Å²) in [6, 6.07) is 15.1. The quantitative estimate of drug-likeness (QED) is 0.560. The summed E-state index contributed by atoms with van der Waals surface area (Å²) in [6.07, 6.45) is 0. The second-order valence-electron chi connectivity index (χ2n) is 3.78. The van der Waals surface area contributed by atoms with Gasteiger partial charge in [-0.25, -0.2) is 0 Å². The molecule has 2 rings (SSSR count). The Hall–Kier alpha value is -1.23. The van der Waals surface area contributed by atoms with Gasteiger partial charge in [0.15, 0.2) is 0 Å². The molecule has 1 atom stereocenters. The van der Waals surface area contributed by atoms with Crippen LogP contribution in [-0.2, 0) is 0 Å². The Morgan fingerprint density at radius 3 is 2.75 bits per heavy atom. The van der Waals surface area contributed by atoms with Gasteiger partial charge in [0.2, 0.25) is 0 Å². The van der Waals surface area contributed by atoms with Crippen LogP contribution in [0.4, 0.5) is 0 Å². The van der Waals surface area contributed by atoms with E-state index in [0.717, 1.165) is 0 Å². The first kappa shape index (κ1) is 11.3. The predicted molar refractivity (Wildman–Crippen MR) is 73.7 cm³/mol. The third kappa shape index (κ3) is 2.29. The van der Waals surface area contributed by atoms with Crippen LogP contribution in [0, 0.1) is 0 Å². The van der Waals surface area contributed by atoms with Gasteiger partial charge in [-0.1, -0.05) is 0 Å². The summed E-state index contributed by atoms with van der Waals surface area (Å²) in [4.78, 5) is 4.51. The zero-order valence-corrected chi connectivity index (χ0v) is 10.6. The Morgan fingerprint density at radius 2 is 1.94 bits per heavy atom. The van der Waals surface area contributed by atoms with E-state index in [1.807, 2.05) is 5.08 Å². The van der Waals surface area contributed by atoms with Crippen molar-refractivity contribution in [3.05, 3.63) is 48.0 Å². The van der Waals surface area contributed by atoms with E-state index in [1.54, 1.807) is 0 Å². The van der Waals surface area contributed by atoms with Crippen molar-refractivity contribution in [3.8, 4) is 0 Å². The minimum absolute atomic E-state index is 0.102. The van der Waals surface area contributed by atoms with Gasteiger partial charge in [0, 0.05) is 0 Å². The van der Waals surface area contributed by atoms with Crippen molar-refractivity contribution in [2.45, 2.75) is 13.0 Å².